The fourth-order valence-corrected chi connectivity index (χ4v) is 2.80. The zero-order chi connectivity index (χ0) is 16.7. The number of likely N-dealkylation sites (tertiary alicyclic amines) is 1. The van der Waals surface area contributed by atoms with Gasteiger partial charge in [-0.15, -0.1) is 0 Å². The topological polar surface area (TPSA) is 72.7 Å². The van der Waals surface area contributed by atoms with Gasteiger partial charge in [0.25, 0.3) is 5.69 Å². The third kappa shape index (κ3) is 4.89. The minimum absolute atomic E-state index is 0.0665. The molecule has 1 aromatic carbocycles. The lowest BCUT2D eigenvalue weighted by atomic mass is 9.98. The molecule has 1 atom stereocenters. The average Bonchev–Trinajstić information content (AvgIpc) is 2.55. The summed E-state index contributed by atoms with van der Waals surface area (Å²) in [7, 11) is 0. The van der Waals surface area contributed by atoms with Crippen LogP contribution in [0.3, 0.4) is 0 Å². The second-order valence-electron chi connectivity index (χ2n) is 5.57. The molecule has 1 aromatic rings. The quantitative estimate of drug-likeness (QED) is 0.458. The minimum atomic E-state index is -0.378. The van der Waals surface area contributed by atoms with Crippen molar-refractivity contribution >= 4 is 17.7 Å². The van der Waals surface area contributed by atoms with E-state index < -0.39 is 0 Å². The van der Waals surface area contributed by atoms with Gasteiger partial charge < -0.3 is 4.74 Å². The molecule has 2 rings (SSSR count). The van der Waals surface area contributed by atoms with Gasteiger partial charge in [0.1, 0.15) is 0 Å². The summed E-state index contributed by atoms with van der Waals surface area (Å²) < 4.78 is 5.09. The van der Waals surface area contributed by atoms with E-state index in [2.05, 4.69) is 4.90 Å². The molecule has 1 fully saturated rings. The molecule has 6 nitrogen and oxygen atoms in total. The SMILES string of the molecule is CCOC(=O)C1CCCN(CC=Cc2ccccc2[N+](=O)[O-])C1. The van der Waals surface area contributed by atoms with Crippen LogP contribution in [-0.4, -0.2) is 42.0 Å². The molecule has 0 N–H and O–H groups in total. The Morgan fingerprint density at radius 1 is 1.48 bits per heavy atom. The Morgan fingerprint density at radius 3 is 3.00 bits per heavy atom. The first kappa shape index (κ1) is 17.1. The smallest absolute Gasteiger partial charge is 0.310 e. The summed E-state index contributed by atoms with van der Waals surface area (Å²) >= 11 is 0. The molecule has 1 saturated heterocycles. The Hall–Kier alpha value is -2.21. The van der Waals surface area contributed by atoms with Gasteiger partial charge in [-0.25, -0.2) is 0 Å². The summed E-state index contributed by atoms with van der Waals surface area (Å²) in [6, 6.07) is 6.66. The first-order valence-electron chi connectivity index (χ1n) is 7.90. The lowest BCUT2D eigenvalue weighted by Crippen LogP contribution is -2.39. The van der Waals surface area contributed by atoms with E-state index >= 15 is 0 Å². The maximum atomic E-state index is 11.8. The Bertz CT molecular complexity index is 586. The number of nitrogens with zero attached hydrogens (tertiary/aromatic N) is 2. The fourth-order valence-electron chi connectivity index (χ4n) is 2.80. The maximum Gasteiger partial charge on any atom is 0.310 e. The van der Waals surface area contributed by atoms with Crippen molar-refractivity contribution in [3.05, 3.63) is 46.0 Å². The third-order valence-corrected chi connectivity index (χ3v) is 3.92. The number of benzene rings is 1. The predicted molar refractivity (Wildman–Crippen MR) is 87.9 cm³/mol. The van der Waals surface area contributed by atoms with Crippen molar-refractivity contribution in [2.75, 3.05) is 26.2 Å². The highest BCUT2D eigenvalue weighted by Gasteiger charge is 2.26. The van der Waals surface area contributed by atoms with Crippen molar-refractivity contribution < 1.29 is 14.5 Å². The molecule has 1 heterocycles. The Balaban J connectivity index is 1.93. The summed E-state index contributed by atoms with van der Waals surface area (Å²) in [5, 5.41) is 11.0. The number of hydrogen-bond acceptors (Lipinski definition) is 5. The van der Waals surface area contributed by atoms with Crippen LogP contribution in [0, 0.1) is 16.0 Å². The van der Waals surface area contributed by atoms with Gasteiger partial charge in [0, 0.05) is 19.2 Å². The monoisotopic (exact) mass is 318 g/mol. The number of piperidine rings is 1. The van der Waals surface area contributed by atoms with Crippen LogP contribution in [0.5, 0.6) is 0 Å². The number of hydrogen-bond donors (Lipinski definition) is 0. The van der Waals surface area contributed by atoms with Gasteiger partial charge >= 0.3 is 5.97 Å². The fraction of sp³-hybridized carbons (Fsp3) is 0.471. The number of nitro benzene ring substituents is 1. The predicted octanol–water partition coefficient (Wildman–Crippen LogP) is 2.88. The van der Waals surface area contributed by atoms with Crippen molar-refractivity contribution in [2.24, 2.45) is 5.92 Å². The van der Waals surface area contributed by atoms with Gasteiger partial charge in [0.05, 0.1) is 23.0 Å². The summed E-state index contributed by atoms with van der Waals surface area (Å²) in [5.74, 6) is -0.192. The summed E-state index contributed by atoms with van der Waals surface area (Å²) in [6.07, 6.45) is 5.51. The molecule has 0 spiro atoms. The molecule has 0 aromatic heterocycles. The molecule has 124 valence electrons. The van der Waals surface area contributed by atoms with E-state index in [1.54, 1.807) is 24.3 Å². The molecule has 1 aliphatic heterocycles. The van der Waals surface area contributed by atoms with E-state index in [1.165, 1.54) is 6.07 Å². The zero-order valence-corrected chi connectivity index (χ0v) is 13.3. The first-order chi connectivity index (χ1) is 11.1. The highest BCUT2D eigenvalue weighted by molar-refractivity contribution is 5.72. The molecule has 0 bridgehead atoms. The molecule has 0 aliphatic carbocycles. The van der Waals surface area contributed by atoms with Gasteiger partial charge in [0.2, 0.25) is 0 Å². The van der Waals surface area contributed by atoms with Crippen LogP contribution >= 0.6 is 0 Å². The summed E-state index contributed by atoms with van der Waals surface area (Å²) in [5.41, 5.74) is 0.697. The lowest BCUT2D eigenvalue weighted by molar-refractivity contribution is -0.385. The van der Waals surface area contributed by atoms with E-state index in [1.807, 2.05) is 13.0 Å². The van der Waals surface area contributed by atoms with Crippen molar-refractivity contribution in [1.29, 1.82) is 0 Å². The van der Waals surface area contributed by atoms with Crippen LogP contribution in [0.1, 0.15) is 25.3 Å². The third-order valence-electron chi connectivity index (χ3n) is 3.92. The first-order valence-corrected chi connectivity index (χ1v) is 7.90. The van der Waals surface area contributed by atoms with Crippen LogP contribution in [0.4, 0.5) is 5.69 Å². The highest BCUT2D eigenvalue weighted by Crippen LogP contribution is 2.20. The number of esters is 1. The van der Waals surface area contributed by atoms with Crippen molar-refractivity contribution in [3.63, 3.8) is 0 Å². The number of rotatable bonds is 6. The van der Waals surface area contributed by atoms with E-state index in [0.717, 1.165) is 19.4 Å². The number of carbonyl (C=O) groups excluding carboxylic acids is 1. The normalized spacial score (nSPS) is 18.9. The molecule has 1 aliphatic rings. The molecule has 1 unspecified atom stereocenters. The Labute approximate surface area is 135 Å². The minimum Gasteiger partial charge on any atom is -0.466 e. The van der Waals surface area contributed by atoms with Gasteiger partial charge in [-0.05, 0) is 32.4 Å². The van der Waals surface area contributed by atoms with Crippen LogP contribution in [0.2, 0.25) is 0 Å². The number of carbonyl (C=O) groups is 1. The van der Waals surface area contributed by atoms with Gasteiger partial charge in [0.15, 0.2) is 0 Å². The summed E-state index contributed by atoms with van der Waals surface area (Å²) in [6.45, 7) is 4.50. The number of ether oxygens (including phenoxy) is 1. The average molecular weight is 318 g/mol. The maximum absolute atomic E-state index is 11.8. The largest absolute Gasteiger partial charge is 0.466 e. The highest BCUT2D eigenvalue weighted by atomic mass is 16.6. The Kier molecular flexibility index (Phi) is 6.29. The molecular weight excluding hydrogens is 296 g/mol. The van der Waals surface area contributed by atoms with E-state index in [9.17, 15) is 14.9 Å². The Morgan fingerprint density at radius 2 is 2.26 bits per heavy atom. The second kappa shape index (κ2) is 8.43. The van der Waals surface area contributed by atoms with Crippen molar-refractivity contribution in [3.8, 4) is 0 Å². The molecule has 23 heavy (non-hydrogen) atoms. The van der Waals surface area contributed by atoms with Crippen LogP contribution < -0.4 is 0 Å². The molecule has 0 saturated carbocycles. The number of nitro groups is 1. The zero-order valence-electron chi connectivity index (χ0n) is 13.3. The van der Waals surface area contributed by atoms with Gasteiger partial charge in [-0.1, -0.05) is 24.3 Å². The van der Waals surface area contributed by atoms with E-state index in [0.29, 0.717) is 25.3 Å². The molecule has 6 heteroatoms. The van der Waals surface area contributed by atoms with Gasteiger partial charge in [-0.3, -0.25) is 19.8 Å². The van der Waals surface area contributed by atoms with E-state index in [-0.39, 0.29) is 22.5 Å². The van der Waals surface area contributed by atoms with E-state index in [4.69, 9.17) is 4.74 Å². The van der Waals surface area contributed by atoms with Gasteiger partial charge in [-0.2, -0.15) is 0 Å². The number of para-hydroxylation sites is 1. The van der Waals surface area contributed by atoms with Crippen LogP contribution in [-0.2, 0) is 9.53 Å². The molecular formula is C17H22N2O4. The van der Waals surface area contributed by atoms with Crippen LogP contribution in [0.15, 0.2) is 30.3 Å². The van der Waals surface area contributed by atoms with Crippen LogP contribution in [0.25, 0.3) is 6.08 Å². The van der Waals surface area contributed by atoms with Crippen molar-refractivity contribution in [2.45, 2.75) is 19.8 Å². The molecule has 0 radical (unpaired) electrons. The lowest BCUT2D eigenvalue weighted by Gasteiger charge is -2.30. The second-order valence-corrected chi connectivity index (χ2v) is 5.57. The molecule has 0 amide bonds. The summed E-state index contributed by atoms with van der Waals surface area (Å²) in [4.78, 5) is 24.6. The standard InChI is InChI=1S/C17H22N2O4/c1-2-23-17(20)15-9-6-12-18(13-15)11-5-8-14-7-3-4-10-16(14)19(21)22/h3-5,7-8,10,15H,2,6,9,11-13H2,1H3. The van der Waals surface area contributed by atoms with Crippen molar-refractivity contribution in [1.82, 2.24) is 4.90 Å².